The van der Waals surface area contributed by atoms with Crippen LogP contribution in [0.15, 0.2) is 18.3 Å². The first-order valence-electron chi connectivity index (χ1n) is 7.02. The molecular formula is C15H25N3. The van der Waals surface area contributed by atoms with E-state index in [1.807, 2.05) is 6.20 Å². The molecule has 0 bridgehead atoms. The fourth-order valence-electron chi connectivity index (χ4n) is 2.32. The van der Waals surface area contributed by atoms with Gasteiger partial charge in [0, 0.05) is 25.8 Å². The highest BCUT2D eigenvalue weighted by atomic mass is 15.1. The van der Waals surface area contributed by atoms with Crippen molar-refractivity contribution in [2.24, 2.45) is 11.8 Å². The van der Waals surface area contributed by atoms with Crippen LogP contribution >= 0.6 is 0 Å². The molecule has 0 radical (unpaired) electrons. The predicted molar refractivity (Wildman–Crippen MR) is 75.2 cm³/mol. The van der Waals surface area contributed by atoms with Gasteiger partial charge in [0.25, 0.3) is 0 Å². The normalized spacial score (nSPS) is 22.4. The van der Waals surface area contributed by atoms with Crippen molar-refractivity contribution in [1.29, 1.82) is 0 Å². The first-order valence-corrected chi connectivity index (χ1v) is 7.02. The Balaban J connectivity index is 1.78. The number of nitrogens with zero attached hydrogens (tertiary/aromatic N) is 2. The molecule has 0 saturated heterocycles. The molecule has 0 aliphatic heterocycles. The van der Waals surface area contributed by atoms with Gasteiger partial charge in [-0.05, 0) is 43.5 Å². The third kappa shape index (κ3) is 4.07. The number of nitrogens with one attached hydrogen (secondary N) is 1. The molecule has 1 aliphatic carbocycles. The van der Waals surface area contributed by atoms with Crippen LogP contribution < -0.4 is 5.32 Å². The average Bonchev–Trinajstić information content (AvgIpc) is 3.04. The van der Waals surface area contributed by atoms with E-state index < -0.39 is 0 Å². The minimum Gasteiger partial charge on any atom is -0.313 e. The van der Waals surface area contributed by atoms with E-state index in [9.17, 15) is 0 Å². The summed E-state index contributed by atoms with van der Waals surface area (Å²) in [6, 6.07) is 4.33. The van der Waals surface area contributed by atoms with Gasteiger partial charge in [-0.2, -0.15) is 0 Å². The summed E-state index contributed by atoms with van der Waals surface area (Å²) in [5.41, 5.74) is 2.44. The number of hydrogen-bond donors (Lipinski definition) is 1. The molecule has 3 nitrogen and oxygen atoms in total. The molecule has 0 spiro atoms. The Hall–Kier alpha value is -0.930. The number of rotatable bonds is 7. The van der Waals surface area contributed by atoms with Crippen LogP contribution in [0.1, 0.15) is 31.5 Å². The van der Waals surface area contributed by atoms with E-state index >= 15 is 0 Å². The van der Waals surface area contributed by atoms with Gasteiger partial charge in [0.15, 0.2) is 0 Å². The molecule has 1 fully saturated rings. The van der Waals surface area contributed by atoms with E-state index in [0.717, 1.165) is 31.5 Å². The van der Waals surface area contributed by atoms with Gasteiger partial charge in [0.1, 0.15) is 0 Å². The molecule has 1 aromatic rings. The van der Waals surface area contributed by atoms with Gasteiger partial charge >= 0.3 is 0 Å². The van der Waals surface area contributed by atoms with Crippen molar-refractivity contribution in [1.82, 2.24) is 15.2 Å². The average molecular weight is 247 g/mol. The monoisotopic (exact) mass is 247 g/mol. The van der Waals surface area contributed by atoms with E-state index in [1.165, 1.54) is 24.2 Å². The van der Waals surface area contributed by atoms with Crippen molar-refractivity contribution in [3.05, 3.63) is 29.6 Å². The Morgan fingerprint density at radius 3 is 2.78 bits per heavy atom. The zero-order chi connectivity index (χ0) is 13.0. The fourth-order valence-corrected chi connectivity index (χ4v) is 2.32. The van der Waals surface area contributed by atoms with Gasteiger partial charge in [0.05, 0.1) is 5.69 Å². The third-order valence-electron chi connectivity index (χ3n) is 3.72. The number of pyridine rings is 1. The lowest BCUT2D eigenvalue weighted by atomic mass is 10.2. The van der Waals surface area contributed by atoms with Gasteiger partial charge in [-0.25, -0.2) is 0 Å². The molecule has 3 heteroatoms. The Kier molecular flexibility index (Phi) is 4.72. The quantitative estimate of drug-likeness (QED) is 0.801. The van der Waals surface area contributed by atoms with Crippen molar-refractivity contribution in [2.75, 3.05) is 20.1 Å². The highest BCUT2D eigenvalue weighted by Crippen LogP contribution is 2.38. The summed E-state index contributed by atoms with van der Waals surface area (Å²) in [6.07, 6.45) is 3.39. The minimum atomic E-state index is 0.916. The summed E-state index contributed by atoms with van der Waals surface area (Å²) in [5, 5.41) is 3.31. The van der Waals surface area contributed by atoms with Crippen molar-refractivity contribution < 1.29 is 0 Å². The summed E-state index contributed by atoms with van der Waals surface area (Å²) in [4.78, 5) is 6.93. The first kappa shape index (κ1) is 13.5. The Morgan fingerprint density at radius 1 is 1.44 bits per heavy atom. The summed E-state index contributed by atoms with van der Waals surface area (Å²) in [7, 11) is 2.19. The summed E-state index contributed by atoms with van der Waals surface area (Å²) < 4.78 is 0. The molecule has 2 rings (SSSR count). The maximum Gasteiger partial charge on any atom is 0.0544 e. The second-order valence-corrected chi connectivity index (χ2v) is 5.61. The molecule has 2 unspecified atom stereocenters. The van der Waals surface area contributed by atoms with Crippen LogP contribution in [-0.2, 0) is 13.1 Å². The van der Waals surface area contributed by atoms with E-state index in [1.54, 1.807) is 0 Å². The van der Waals surface area contributed by atoms with Crippen LogP contribution in [0, 0.1) is 11.8 Å². The maximum absolute atomic E-state index is 4.54. The standard InChI is InChI=1S/C15H25N3/c1-4-16-8-13-5-6-15(17-9-13)11-18(3)10-14-7-12(14)2/h5-6,9,12,14,16H,4,7-8,10-11H2,1-3H3. The molecule has 18 heavy (non-hydrogen) atoms. The molecule has 1 aliphatic rings. The lowest BCUT2D eigenvalue weighted by Crippen LogP contribution is -2.21. The summed E-state index contributed by atoms with van der Waals surface area (Å²) in [6.45, 7) is 8.55. The van der Waals surface area contributed by atoms with Crippen molar-refractivity contribution >= 4 is 0 Å². The Bertz CT molecular complexity index is 361. The zero-order valence-corrected chi connectivity index (χ0v) is 11.8. The topological polar surface area (TPSA) is 28.2 Å². The van der Waals surface area contributed by atoms with E-state index in [4.69, 9.17) is 0 Å². The van der Waals surface area contributed by atoms with Gasteiger partial charge < -0.3 is 10.2 Å². The SMILES string of the molecule is CCNCc1ccc(CN(C)CC2CC2C)nc1. The zero-order valence-electron chi connectivity index (χ0n) is 11.8. The van der Waals surface area contributed by atoms with Crippen molar-refractivity contribution in [3.8, 4) is 0 Å². The lowest BCUT2D eigenvalue weighted by Gasteiger charge is -2.16. The van der Waals surface area contributed by atoms with Crippen LogP contribution in [-0.4, -0.2) is 30.0 Å². The van der Waals surface area contributed by atoms with Gasteiger partial charge in [-0.15, -0.1) is 0 Å². The second-order valence-electron chi connectivity index (χ2n) is 5.61. The van der Waals surface area contributed by atoms with Gasteiger partial charge in [-0.3, -0.25) is 4.98 Å². The van der Waals surface area contributed by atoms with E-state index in [-0.39, 0.29) is 0 Å². The Morgan fingerprint density at radius 2 is 2.22 bits per heavy atom. The lowest BCUT2D eigenvalue weighted by molar-refractivity contribution is 0.304. The van der Waals surface area contributed by atoms with Crippen LogP contribution in [0.4, 0.5) is 0 Å². The molecule has 1 aromatic heterocycles. The van der Waals surface area contributed by atoms with Crippen molar-refractivity contribution in [3.63, 3.8) is 0 Å². The van der Waals surface area contributed by atoms with Crippen molar-refractivity contribution in [2.45, 2.75) is 33.4 Å². The number of hydrogen-bond acceptors (Lipinski definition) is 3. The largest absolute Gasteiger partial charge is 0.313 e. The number of aromatic nitrogens is 1. The molecule has 2 atom stereocenters. The van der Waals surface area contributed by atoms with Crippen LogP contribution in [0.3, 0.4) is 0 Å². The molecule has 0 amide bonds. The highest BCUT2D eigenvalue weighted by Gasteiger charge is 2.32. The van der Waals surface area contributed by atoms with E-state index in [0.29, 0.717) is 0 Å². The van der Waals surface area contributed by atoms with Crippen LogP contribution in [0.25, 0.3) is 0 Å². The molecular weight excluding hydrogens is 222 g/mol. The van der Waals surface area contributed by atoms with Crippen LogP contribution in [0.2, 0.25) is 0 Å². The molecule has 0 aromatic carbocycles. The fraction of sp³-hybridized carbons (Fsp3) is 0.667. The molecule has 1 saturated carbocycles. The predicted octanol–water partition coefficient (Wildman–Crippen LogP) is 2.28. The molecule has 1 N–H and O–H groups in total. The Labute approximate surface area is 111 Å². The summed E-state index contributed by atoms with van der Waals surface area (Å²) in [5.74, 6) is 1.85. The first-order chi connectivity index (χ1) is 8.69. The maximum atomic E-state index is 4.54. The van der Waals surface area contributed by atoms with Gasteiger partial charge in [-0.1, -0.05) is 19.9 Å². The smallest absolute Gasteiger partial charge is 0.0544 e. The molecule has 1 heterocycles. The highest BCUT2D eigenvalue weighted by molar-refractivity contribution is 5.14. The van der Waals surface area contributed by atoms with Gasteiger partial charge in [0.2, 0.25) is 0 Å². The minimum absolute atomic E-state index is 0.916. The van der Waals surface area contributed by atoms with E-state index in [2.05, 4.69) is 48.2 Å². The molecule has 100 valence electrons. The summed E-state index contributed by atoms with van der Waals surface area (Å²) >= 11 is 0. The third-order valence-corrected chi connectivity index (χ3v) is 3.72. The van der Waals surface area contributed by atoms with Crippen LogP contribution in [0.5, 0.6) is 0 Å². The second kappa shape index (κ2) is 6.30.